The van der Waals surface area contributed by atoms with Crippen LogP contribution in [0.4, 0.5) is 0 Å². The minimum Gasteiger partial charge on any atom is -0.306 e. The van der Waals surface area contributed by atoms with Crippen LogP contribution in [-0.4, -0.2) is 29.9 Å². The molecule has 1 aliphatic carbocycles. The standard InChI is InChI=1S/C18H27NS/c1-14(2)11-16-13-19(4)10-8-15(16)12-18(3)9-6-5-7-17(18)20/h5-7,9,15-16H,1,8,10-13H2,2-4H3. The number of piperidine rings is 1. The third kappa shape index (κ3) is 3.67. The molecule has 1 nitrogen and oxygen atoms in total. The zero-order chi connectivity index (χ0) is 14.8. The van der Waals surface area contributed by atoms with Crippen LogP contribution in [0.25, 0.3) is 0 Å². The van der Waals surface area contributed by atoms with E-state index in [0.717, 1.165) is 23.1 Å². The minimum atomic E-state index is 0.0674. The normalized spacial score (nSPS) is 34.5. The highest BCUT2D eigenvalue weighted by Gasteiger charge is 2.35. The SMILES string of the molecule is C=C(C)CC1CN(C)CCC1CC1(C)C=CC=CC1=S. The van der Waals surface area contributed by atoms with Crippen molar-refractivity contribution in [2.24, 2.45) is 17.3 Å². The largest absolute Gasteiger partial charge is 0.306 e. The Balaban J connectivity index is 2.09. The average molecular weight is 289 g/mol. The summed E-state index contributed by atoms with van der Waals surface area (Å²) in [6.07, 6.45) is 12.2. The summed E-state index contributed by atoms with van der Waals surface area (Å²) in [5.74, 6) is 1.48. The van der Waals surface area contributed by atoms with E-state index in [4.69, 9.17) is 12.2 Å². The van der Waals surface area contributed by atoms with E-state index in [2.05, 4.69) is 56.7 Å². The van der Waals surface area contributed by atoms with Gasteiger partial charge in [0.25, 0.3) is 0 Å². The van der Waals surface area contributed by atoms with Crippen LogP contribution in [0.3, 0.4) is 0 Å². The van der Waals surface area contributed by atoms with Crippen LogP contribution in [0, 0.1) is 17.3 Å². The summed E-state index contributed by atoms with van der Waals surface area (Å²) in [6.45, 7) is 11.0. The van der Waals surface area contributed by atoms with Crippen molar-refractivity contribution in [1.82, 2.24) is 4.90 Å². The zero-order valence-corrected chi connectivity index (χ0v) is 13.9. The molecule has 0 aromatic heterocycles. The summed E-state index contributed by atoms with van der Waals surface area (Å²) < 4.78 is 0. The molecule has 0 radical (unpaired) electrons. The molecule has 0 amide bonds. The van der Waals surface area contributed by atoms with Crippen LogP contribution in [0.5, 0.6) is 0 Å². The van der Waals surface area contributed by atoms with E-state index < -0.39 is 0 Å². The van der Waals surface area contributed by atoms with Crippen molar-refractivity contribution in [3.05, 3.63) is 36.5 Å². The average Bonchev–Trinajstić information content (AvgIpc) is 2.36. The number of rotatable bonds is 4. The van der Waals surface area contributed by atoms with Gasteiger partial charge in [-0.25, -0.2) is 0 Å². The van der Waals surface area contributed by atoms with Crippen molar-refractivity contribution in [3.63, 3.8) is 0 Å². The lowest BCUT2D eigenvalue weighted by atomic mass is 9.69. The molecule has 1 fully saturated rings. The Hall–Kier alpha value is -0.730. The predicted octanol–water partition coefficient (Wildman–Crippen LogP) is 4.41. The first-order valence-electron chi connectivity index (χ1n) is 7.64. The zero-order valence-electron chi connectivity index (χ0n) is 13.1. The Morgan fingerprint density at radius 2 is 2.20 bits per heavy atom. The Labute approximate surface area is 129 Å². The van der Waals surface area contributed by atoms with Crippen molar-refractivity contribution >= 4 is 17.1 Å². The smallest absolute Gasteiger partial charge is 0.0249 e. The fourth-order valence-corrected chi connectivity index (χ4v) is 3.84. The molecule has 3 atom stereocenters. The predicted molar refractivity (Wildman–Crippen MR) is 92.1 cm³/mol. The van der Waals surface area contributed by atoms with Gasteiger partial charge in [-0.15, -0.1) is 6.58 Å². The molecule has 1 saturated heterocycles. The van der Waals surface area contributed by atoms with E-state index in [1.807, 2.05) is 0 Å². The van der Waals surface area contributed by atoms with Gasteiger partial charge >= 0.3 is 0 Å². The molecule has 2 rings (SSSR count). The summed E-state index contributed by atoms with van der Waals surface area (Å²) in [5.41, 5.74) is 1.37. The number of hydrogen-bond donors (Lipinski definition) is 0. The minimum absolute atomic E-state index is 0.0674. The van der Waals surface area contributed by atoms with E-state index in [0.29, 0.717) is 0 Å². The summed E-state index contributed by atoms with van der Waals surface area (Å²) in [7, 11) is 2.23. The molecule has 0 saturated carbocycles. The van der Waals surface area contributed by atoms with Crippen LogP contribution in [0.2, 0.25) is 0 Å². The van der Waals surface area contributed by atoms with Crippen molar-refractivity contribution in [2.45, 2.75) is 33.1 Å². The molecular formula is C18H27NS. The van der Waals surface area contributed by atoms with Gasteiger partial charge < -0.3 is 4.90 Å². The van der Waals surface area contributed by atoms with Crippen LogP contribution >= 0.6 is 12.2 Å². The van der Waals surface area contributed by atoms with Gasteiger partial charge in [0.2, 0.25) is 0 Å². The van der Waals surface area contributed by atoms with Gasteiger partial charge in [-0.1, -0.05) is 42.9 Å². The quantitative estimate of drug-likeness (QED) is 0.557. The van der Waals surface area contributed by atoms with Crippen molar-refractivity contribution in [3.8, 4) is 0 Å². The van der Waals surface area contributed by atoms with E-state index in [1.165, 1.54) is 31.5 Å². The maximum Gasteiger partial charge on any atom is 0.0249 e. The molecule has 0 aromatic rings. The van der Waals surface area contributed by atoms with Crippen molar-refractivity contribution in [2.75, 3.05) is 20.1 Å². The summed E-state index contributed by atoms with van der Waals surface area (Å²) in [5, 5.41) is 0. The third-order valence-electron chi connectivity index (χ3n) is 4.78. The molecule has 2 heteroatoms. The van der Waals surface area contributed by atoms with Crippen LogP contribution in [0.1, 0.15) is 33.1 Å². The highest BCUT2D eigenvalue weighted by atomic mass is 32.1. The van der Waals surface area contributed by atoms with Gasteiger partial charge in [-0.05, 0) is 57.7 Å². The van der Waals surface area contributed by atoms with Crippen molar-refractivity contribution in [1.29, 1.82) is 0 Å². The molecule has 0 aromatic carbocycles. The highest BCUT2D eigenvalue weighted by Crippen LogP contribution is 2.40. The van der Waals surface area contributed by atoms with E-state index in [9.17, 15) is 0 Å². The number of nitrogens with zero attached hydrogens (tertiary/aromatic N) is 1. The van der Waals surface area contributed by atoms with Gasteiger partial charge in [-0.3, -0.25) is 0 Å². The summed E-state index contributed by atoms with van der Waals surface area (Å²) >= 11 is 5.59. The van der Waals surface area contributed by atoms with Gasteiger partial charge in [-0.2, -0.15) is 0 Å². The fourth-order valence-electron chi connectivity index (χ4n) is 3.61. The second kappa shape index (κ2) is 6.36. The Morgan fingerprint density at radius 3 is 2.85 bits per heavy atom. The molecule has 2 aliphatic rings. The second-order valence-corrected chi connectivity index (χ2v) is 7.38. The lowest BCUT2D eigenvalue weighted by Gasteiger charge is -2.41. The second-order valence-electron chi connectivity index (χ2n) is 6.94. The van der Waals surface area contributed by atoms with Crippen LogP contribution < -0.4 is 0 Å². The number of allylic oxidation sites excluding steroid dienone is 5. The van der Waals surface area contributed by atoms with Gasteiger partial charge in [0.1, 0.15) is 0 Å². The molecule has 0 spiro atoms. The first kappa shape index (κ1) is 15.7. The summed E-state index contributed by atoms with van der Waals surface area (Å²) in [4.78, 5) is 3.55. The molecule has 20 heavy (non-hydrogen) atoms. The Bertz CT molecular complexity index is 448. The first-order chi connectivity index (χ1) is 9.40. The lowest BCUT2D eigenvalue weighted by Crippen LogP contribution is -2.41. The Morgan fingerprint density at radius 1 is 1.45 bits per heavy atom. The lowest BCUT2D eigenvalue weighted by molar-refractivity contribution is 0.123. The topological polar surface area (TPSA) is 3.24 Å². The highest BCUT2D eigenvalue weighted by molar-refractivity contribution is 7.80. The molecule has 3 unspecified atom stereocenters. The van der Waals surface area contributed by atoms with Gasteiger partial charge in [0, 0.05) is 16.8 Å². The number of likely N-dealkylation sites (tertiary alicyclic amines) is 1. The molecule has 0 N–H and O–H groups in total. The number of thiocarbonyl (C=S) groups is 1. The maximum atomic E-state index is 5.59. The molecular weight excluding hydrogens is 262 g/mol. The number of hydrogen-bond acceptors (Lipinski definition) is 2. The first-order valence-corrected chi connectivity index (χ1v) is 8.05. The van der Waals surface area contributed by atoms with Crippen LogP contribution in [-0.2, 0) is 0 Å². The molecule has 1 aliphatic heterocycles. The van der Waals surface area contributed by atoms with Gasteiger partial charge in [0.05, 0.1) is 0 Å². The van der Waals surface area contributed by atoms with E-state index in [-0.39, 0.29) is 5.41 Å². The van der Waals surface area contributed by atoms with E-state index in [1.54, 1.807) is 0 Å². The van der Waals surface area contributed by atoms with Crippen molar-refractivity contribution < 1.29 is 0 Å². The molecule has 0 bridgehead atoms. The Kier molecular flexibility index (Phi) is 4.98. The summed E-state index contributed by atoms with van der Waals surface area (Å²) in [6, 6.07) is 0. The fraction of sp³-hybridized carbons (Fsp3) is 0.611. The van der Waals surface area contributed by atoms with Gasteiger partial charge in [0.15, 0.2) is 0 Å². The third-order valence-corrected chi connectivity index (χ3v) is 5.38. The molecule has 1 heterocycles. The maximum absolute atomic E-state index is 5.59. The monoisotopic (exact) mass is 289 g/mol. The van der Waals surface area contributed by atoms with Crippen LogP contribution in [0.15, 0.2) is 36.5 Å². The molecule has 110 valence electrons. The van der Waals surface area contributed by atoms with E-state index >= 15 is 0 Å².